The summed E-state index contributed by atoms with van der Waals surface area (Å²) < 4.78 is 34.2. The third-order valence-corrected chi connectivity index (χ3v) is 6.76. The Bertz CT molecular complexity index is 964. The maximum atomic E-state index is 13.3. The Morgan fingerprint density at radius 2 is 1.90 bits per heavy atom. The lowest BCUT2D eigenvalue weighted by atomic mass is 10.0. The van der Waals surface area contributed by atoms with E-state index in [0.29, 0.717) is 31.8 Å². The first-order chi connectivity index (χ1) is 18.7. The van der Waals surface area contributed by atoms with Crippen LogP contribution in [-0.4, -0.2) is 73.8 Å². The molecule has 1 aromatic heterocycles. The van der Waals surface area contributed by atoms with E-state index in [4.69, 9.17) is 28.4 Å². The molecule has 2 aliphatic rings. The number of pyridine rings is 1. The van der Waals surface area contributed by atoms with Gasteiger partial charge in [-0.3, -0.25) is 9.59 Å². The summed E-state index contributed by atoms with van der Waals surface area (Å²) >= 11 is 0. The van der Waals surface area contributed by atoms with Gasteiger partial charge in [-0.15, -0.1) is 0 Å². The molecular weight excluding hydrogens is 508 g/mol. The smallest absolute Gasteiger partial charge is 0.329 e. The lowest BCUT2D eigenvalue weighted by Gasteiger charge is -2.33. The molecule has 39 heavy (non-hydrogen) atoms. The highest BCUT2D eigenvalue weighted by Gasteiger charge is 2.37. The Kier molecular flexibility index (Phi) is 11.8. The average molecular weight is 551 g/mol. The number of esters is 2. The molecule has 0 radical (unpaired) electrons. The van der Waals surface area contributed by atoms with Gasteiger partial charge in [0.05, 0.1) is 19.3 Å². The molecule has 4 atom stereocenters. The standard InChI is InChI=1S/C28H42N2O9/c1-17(2)15-35-25-18(3)38-28(33)21(11-8-12-23(25)39-20-9-6-7-10-20)30-27(32)24-26(37-16-36-19(4)31)22(34-5)13-14-29-24/h13-14,17-18,20-21,23,25H,6-12,15-16H2,1-5H3,(H,30,32)/t18-,21-,23-,25-/m0/s1. The van der Waals surface area contributed by atoms with Crippen LogP contribution in [0.3, 0.4) is 0 Å². The van der Waals surface area contributed by atoms with Crippen LogP contribution in [0.15, 0.2) is 12.3 Å². The maximum absolute atomic E-state index is 13.3. The summed E-state index contributed by atoms with van der Waals surface area (Å²) in [6.07, 6.45) is 6.36. The maximum Gasteiger partial charge on any atom is 0.329 e. The van der Waals surface area contributed by atoms with Crippen LogP contribution in [0.25, 0.3) is 0 Å². The van der Waals surface area contributed by atoms with E-state index in [0.717, 1.165) is 25.7 Å². The van der Waals surface area contributed by atoms with Gasteiger partial charge < -0.3 is 33.7 Å². The molecule has 1 aliphatic carbocycles. The van der Waals surface area contributed by atoms with E-state index >= 15 is 0 Å². The van der Waals surface area contributed by atoms with Crippen molar-refractivity contribution in [2.24, 2.45) is 5.92 Å². The van der Waals surface area contributed by atoms with Crippen molar-refractivity contribution in [2.45, 2.75) is 103 Å². The molecule has 3 rings (SSSR count). The molecule has 0 aromatic carbocycles. The van der Waals surface area contributed by atoms with E-state index in [1.54, 1.807) is 0 Å². The zero-order chi connectivity index (χ0) is 28.4. The molecule has 1 N–H and O–H groups in total. The molecular formula is C28H42N2O9. The molecule has 1 amide bonds. The Balaban J connectivity index is 1.75. The van der Waals surface area contributed by atoms with Gasteiger partial charge in [0.1, 0.15) is 18.2 Å². The monoisotopic (exact) mass is 550 g/mol. The Morgan fingerprint density at radius 1 is 1.15 bits per heavy atom. The largest absolute Gasteiger partial charge is 0.493 e. The fourth-order valence-corrected chi connectivity index (χ4v) is 4.83. The predicted molar refractivity (Wildman–Crippen MR) is 140 cm³/mol. The van der Waals surface area contributed by atoms with Crippen LogP contribution in [0.1, 0.15) is 83.1 Å². The number of nitrogens with zero attached hydrogens (tertiary/aromatic N) is 1. The second kappa shape index (κ2) is 15.0. The first kappa shape index (κ1) is 30.6. The first-order valence-corrected chi connectivity index (χ1v) is 13.8. The van der Waals surface area contributed by atoms with E-state index in [-0.39, 0.29) is 29.4 Å². The van der Waals surface area contributed by atoms with Crippen molar-refractivity contribution in [1.82, 2.24) is 10.3 Å². The van der Waals surface area contributed by atoms with Crippen molar-refractivity contribution in [3.8, 4) is 11.5 Å². The van der Waals surface area contributed by atoms with Crippen molar-refractivity contribution in [2.75, 3.05) is 20.5 Å². The number of hydrogen-bond donors (Lipinski definition) is 1. The van der Waals surface area contributed by atoms with Crippen molar-refractivity contribution >= 4 is 17.8 Å². The fraction of sp³-hybridized carbons (Fsp3) is 0.714. The zero-order valence-corrected chi connectivity index (χ0v) is 23.6. The van der Waals surface area contributed by atoms with Gasteiger partial charge >= 0.3 is 11.9 Å². The highest BCUT2D eigenvalue weighted by molar-refractivity contribution is 5.98. The van der Waals surface area contributed by atoms with Crippen LogP contribution in [0.4, 0.5) is 0 Å². The second-order valence-corrected chi connectivity index (χ2v) is 10.5. The lowest BCUT2D eigenvalue weighted by Crippen LogP contribution is -2.46. The third kappa shape index (κ3) is 9.06. The summed E-state index contributed by atoms with van der Waals surface area (Å²) in [5.74, 6) is -1.21. The number of hydrogen-bond acceptors (Lipinski definition) is 10. The van der Waals surface area contributed by atoms with Gasteiger partial charge in [0.15, 0.2) is 17.2 Å². The van der Waals surface area contributed by atoms with Crippen molar-refractivity contribution in [3.63, 3.8) is 0 Å². The molecule has 1 saturated carbocycles. The Labute approximate surface area is 230 Å². The highest BCUT2D eigenvalue weighted by Crippen LogP contribution is 2.31. The van der Waals surface area contributed by atoms with Crippen molar-refractivity contribution < 1.29 is 42.8 Å². The van der Waals surface area contributed by atoms with Crippen LogP contribution in [0.2, 0.25) is 0 Å². The quantitative estimate of drug-likeness (QED) is 0.322. The summed E-state index contributed by atoms with van der Waals surface area (Å²) in [5, 5.41) is 2.74. The van der Waals surface area contributed by atoms with Crippen LogP contribution < -0.4 is 14.8 Å². The third-order valence-electron chi connectivity index (χ3n) is 6.76. The number of rotatable bonds is 11. The van der Waals surface area contributed by atoms with Crippen LogP contribution >= 0.6 is 0 Å². The molecule has 2 fully saturated rings. The molecule has 218 valence electrons. The summed E-state index contributed by atoms with van der Waals surface area (Å²) in [7, 11) is 1.41. The number of methoxy groups -OCH3 is 1. The van der Waals surface area contributed by atoms with Gasteiger partial charge in [-0.25, -0.2) is 9.78 Å². The van der Waals surface area contributed by atoms with Crippen molar-refractivity contribution in [3.05, 3.63) is 18.0 Å². The number of nitrogens with one attached hydrogen (secondary N) is 1. The molecule has 1 saturated heterocycles. The summed E-state index contributed by atoms with van der Waals surface area (Å²) in [4.78, 5) is 41.8. The van der Waals surface area contributed by atoms with E-state index < -0.39 is 42.9 Å². The van der Waals surface area contributed by atoms with Crippen LogP contribution in [-0.2, 0) is 28.5 Å². The van der Waals surface area contributed by atoms with Crippen LogP contribution in [0, 0.1) is 5.92 Å². The molecule has 1 aliphatic heterocycles. The van der Waals surface area contributed by atoms with Gasteiger partial charge in [-0.1, -0.05) is 26.7 Å². The summed E-state index contributed by atoms with van der Waals surface area (Å²) in [5.41, 5.74) is -0.109. The number of carbonyl (C=O) groups excluding carboxylic acids is 3. The topological polar surface area (TPSA) is 132 Å². The molecule has 0 bridgehead atoms. The molecule has 1 aromatic rings. The van der Waals surface area contributed by atoms with Gasteiger partial charge in [-0.05, 0) is 44.9 Å². The molecule has 11 heteroatoms. The van der Waals surface area contributed by atoms with Crippen LogP contribution in [0.5, 0.6) is 11.5 Å². The molecule has 0 spiro atoms. The zero-order valence-electron chi connectivity index (χ0n) is 23.6. The SMILES string of the molecule is COc1ccnc(C(=O)N[C@H]2CCC[C@H](OC3CCCC3)[C@@H](OCC(C)C)[C@H](C)OC2=O)c1OCOC(C)=O. The van der Waals surface area contributed by atoms with Crippen molar-refractivity contribution in [1.29, 1.82) is 0 Å². The van der Waals surface area contributed by atoms with E-state index in [2.05, 4.69) is 24.1 Å². The van der Waals surface area contributed by atoms with Gasteiger partial charge in [0, 0.05) is 25.8 Å². The fourth-order valence-electron chi connectivity index (χ4n) is 4.83. The van der Waals surface area contributed by atoms with E-state index in [1.807, 2.05) is 6.92 Å². The van der Waals surface area contributed by atoms with E-state index in [9.17, 15) is 14.4 Å². The minimum Gasteiger partial charge on any atom is -0.493 e. The number of aromatic nitrogens is 1. The Morgan fingerprint density at radius 3 is 2.56 bits per heavy atom. The normalized spacial score (nSPS) is 24.3. The average Bonchev–Trinajstić information content (AvgIpc) is 3.41. The summed E-state index contributed by atoms with van der Waals surface area (Å²) in [6, 6.07) is 0.600. The minimum absolute atomic E-state index is 0.00395. The minimum atomic E-state index is -0.912. The summed E-state index contributed by atoms with van der Waals surface area (Å²) in [6.45, 7) is 7.28. The lowest BCUT2D eigenvalue weighted by molar-refractivity contribution is -0.173. The second-order valence-electron chi connectivity index (χ2n) is 10.5. The predicted octanol–water partition coefficient (Wildman–Crippen LogP) is 3.57. The molecule has 0 unspecified atom stereocenters. The highest BCUT2D eigenvalue weighted by atomic mass is 16.7. The number of carbonyl (C=O) groups is 3. The Hall–Kier alpha value is -2.92. The molecule has 11 nitrogen and oxygen atoms in total. The van der Waals surface area contributed by atoms with Gasteiger partial charge in [-0.2, -0.15) is 0 Å². The first-order valence-electron chi connectivity index (χ1n) is 13.8. The van der Waals surface area contributed by atoms with Gasteiger partial charge in [0.2, 0.25) is 6.79 Å². The molecule has 2 heterocycles. The number of amides is 1. The number of cyclic esters (lactones) is 1. The van der Waals surface area contributed by atoms with E-state index in [1.165, 1.54) is 26.3 Å². The van der Waals surface area contributed by atoms with Gasteiger partial charge in [0.25, 0.3) is 5.91 Å². The number of ether oxygens (including phenoxy) is 6.